The smallest absolute Gasteiger partial charge is 0.269 e. The first-order valence-electron chi connectivity index (χ1n) is 10.3. The van der Waals surface area contributed by atoms with Gasteiger partial charge in [0.2, 0.25) is 23.6 Å². The number of nitro groups is 1. The van der Waals surface area contributed by atoms with Crippen LogP contribution in [0, 0.1) is 28.9 Å². The van der Waals surface area contributed by atoms with E-state index in [2.05, 4.69) is 10.6 Å². The molecule has 5 rings (SSSR count). The molecule has 4 atom stereocenters. The second kappa shape index (κ2) is 6.94. The van der Waals surface area contributed by atoms with Crippen molar-refractivity contribution in [1.82, 2.24) is 5.32 Å². The third kappa shape index (κ3) is 2.72. The number of rotatable bonds is 4. The van der Waals surface area contributed by atoms with Crippen molar-refractivity contribution in [2.24, 2.45) is 17.6 Å². The highest BCUT2D eigenvalue weighted by atomic mass is 16.6. The molecular formula is C22H19N5O6. The van der Waals surface area contributed by atoms with Crippen LogP contribution in [0.25, 0.3) is 0 Å². The average Bonchev–Trinajstić information content (AvgIpc) is 3.33. The lowest BCUT2D eigenvalue weighted by Crippen LogP contribution is -2.53. The maximum atomic E-state index is 13.8. The average molecular weight is 449 g/mol. The number of nitrogens with two attached hydrogens (primary N) is 1. The minimum atomic E-state index is -1.54. The molecule has 11 nitrogen and oxygen atoms in total. The first-order chi connectivity index (χ1) is 15.7. The van der Waals surface area contributed by atoms with Gasteiger partial charge in [-0.1, -0.05) is 18.2 Å². The van der Waals surface area contributed by atoms with Gasteiger partial charge in [0.1, 0.15) is 5.54 Å². The van der Waals surface area contributed by atoms with Crippen LogP contribution >= 0.6 is 0 Å². The topological polar surface area (TPSA) is 165 Å². The fourth-order valence-electron chi connectivity index (χ4n) is 5.39. The van der Waals surface area contributed by atoms with E-state index in [4.69, 9.17) is 5.73 Å². The maximum absolute atomic E-state index is 13.8. The molecule has 1 spiro atoms. The van der Waals surface area contributed by atoms with Gasteiger partial charge in [-0.25, -0.2) is 4.90 Å². The summed E-state index contributed by atoms with van der Waals surface area (Å²) in [4.78, 5) is 63.9. The van der Waals surface area contributed by atoms with Crippen LogP contribution in [0.5, 0.6) is 0 Å². The lowest BCUT2D eigenvalue weighted by molar-refractivity contribution is -0.384. The van der Waals surface area contributed by atoms with Gasteiger partial charge in [-0.3, -0.25) is 34.6 Å². The largest absolute Gasteiger partial charge is 0.370 e. The molecule has 2 saturated heterocycles. The number of nitrogens with zero attached hydrogens (tertiary/aromatic N) is 2. The number of nitro benzene ring substituents is 1. The standard InChI is InChI=1S/C22H19N5O6/c1-10-8-11(27(32)33)6-7-15(10)26-19(29)17-14(9-16(23)28)25-22(18(17)20(26)30)12-4-2-3-5-13(12)24-21(22)31/h2-8,14,17-18,25H,9H2,1H3,(H2,23,28)(H,24,31)/t14-,17+,18-,22+/m0/s1. The Labute approximate surface area is 187 Å². The van der Waals surface area contributed by atoms with Crippen LogP contribution in [0.15, 0.2) is 42.5 Å². The van der Waals surface area contributed by atoms with E-state index in [9.17, 15) is 29.3 Å². The molecule has 0 aliphatic carbocycles. The summed E-state index contributed by atoms with van der Waals surface area (Å²) >= 11 is 0. The zero-order chi connectivity index (χ0) is 23.7. The number of hydrogen-bond donors (Lipinski definition) is 3. The zero-order valence-corrected chi connectivity index (χ0v) is 17.4. The molecule has 33 heavy (non-hydrogen) atoms. The Hall–Kier alpha value is -4.12. The Morgan fingerprint density at radius 3 is 2.58 bits per heavy atom. The van der Waals surface area contributed by atoms with Crippen molar-refractivity contribution in [2.45, 2.75) is 24.9 Å². The van der Waals surface area contributed by atoms with Gasteiger partial charge >= 0.3 is 0 Å². The van der Waals surface area contributed by atoms with Crippen molar-refractivity contribution < 1.29 is 24.1 Å². The van der Waals surface area contributed by atoms with Crippen LogP contribution < -0.4 is 21.3 Å². The van der Waals surface area contributed by atoms with Crippen molar-refractivity contribution in [2.75, 3.05) is 10.2 Å². The van der Waals surface area contributed by atoms with Crippen LogP contribution in [0.4, 0.5) is 17.1 Å². The van der Waals surface area contributed by atoms with E-state index in [-0.39, 0.29) is 17.8 Å². The normalized spacial score (nSPS) is 27.6. The Bertz CT molecular complexity index is 1280. The molecular weight excluding hydrogens is 430 g/mol. The van der Waals surface area contributed by atoms with Gasteiger partial charge in [0.15, 0.2) is 0 Å². The van der Waals surface area contributed by atoms with Crippen LogP contribution in [-0.2, 0) is 24.7 Å². The number of carbonyl (C=O) groups is 4. The van der Waals surface area contributed by atoms with E-state index in [0.29, 0.717) is 16.8 Å². The van der Waals surface area contributed by atoms with E-state index >= 15 is 0 Å². The minimum Gasteiger partial charge on any atom is -0.370 e. The summed E-state index contributed by atoms with van der Waals surface area (Å²) in [5.74, 6) is -4.51. The monoisotopic (exact) mass is 449 g/mol. The number of non-ortho nitro benzene ring substituents is 1. The summed E-state index contributed by atoms with van der Waals surface area (Å²) in [5, 5.41) is 17.0. The number of fused-ring (bicyclic) bond motifs is 4. The van der Waals surface area contributed by atoms with Crippen LogP contribution in [0.1, 0.15) is 17.5 Å². The molecule has 2 aromatic carbocycles. The fourth-order valence-corrected chi connectivity index (χ4v) is 5.39. The van der Waals surface area contributed by atoms with Gasteiger partial charge in [0, 0.05) is 35.8 Å². The van der Waals surface area contributed by atoms with Crippen molar-refractivity contribution in [3.63, 3.8) is 0 Å². The molecule has 0 radical (unpaired) electrons. The third-order valence-electron chi connectivity index (χ3n) is 6.68. The zero-order valence-electron chi connectivity index (χ0n) is 17.4. The lowest BCUT2D eigenvalue weighted by Gasteiger charge is -2.29. The molecule has 4 N–H and O–H groups in total. The summed E-state index contributed by atoms with van der Waals surface area (Å²) < 4.78 is 0. The predicted octanol–water partition coefficient (Wildman–Crippen LogP) is 0.704. The van der Waals surface area contributed by atoms with Gasteiger partial charge in [-0.2, -0.15) is 0 Å². The maximum Gasteiger partial charge on any atom is 0.269 e. The summed E-state index contributed by atoms with van der Waals surface area (Å²) in [6.07, 6.45) is -0.246. The molecule has 2 aromatic rings. The number of primary amides is 1. The molecule has 168 valence electrons. The van der Waals surface area contributed by atoms with E-state index in [1.54, 1.807) is 31.2 Å². The quantitative estimate of drug-likeness (QED) is 0.351. The summed E-state index contributed by atoms with van der Waals surface area (Å²) in [5.41, 5.74) is 5.28. The number of amides is 4. The molecule has 11 heteroatoms. The number of anilines is 2. The molecule has 3 aliphatic rings. The molecule has 0 saturated carbocycles. The number of benzene rings is 2. The van der Waals surface area contributed by atoms with Gasteiger partial charge in [-0.05, 0) is 24.6 Å². The van der Waals surface area contributed by atoms with Crippen molar-refractivity contribution in [3.05, 3.63) is 63.7 Å². The Kier molecular flexibility index (Phi) is 4.37. The molecule has 4 amide bonds. The highest BCUT2D eigenvalue weighted by molar-refractivity contribution is 6.26. The van der Waals surface area contributed by atoms with Crippen LogP contribution in [0.3, 0.4) is 0 Å². The number of aryl methyl sites for hydroxylation is 1. The Morgan fingerprint density at radius 1 is 1.18 bits per heavy atom. The fraction of sp³-hybridized carbons (Fsp3) is 0.273. The van der Waals surface area contributed by atoms with Crippen molar-refractivity contribution in [1.29, 1.82) is 0 Å². The number of hydrogen-bond acceptors (Lipinski definition) is 7. The molecule has 3 heterocycles. The number of para-hydroxylation sites is 1. The van der Waals surface area contributed by atoms with Crippen molar-refractivity contribution in [3.8, 4) is 0 Å². The minimum absolute atomic E-state index is 0.177. The SMILES string of the molecule is Cc1cc([N+](=O)[O-])ccc1N1C(=O)[C@@H]2[C@H](CC(N)=O)N[C@@]3(C(=O)Nc4ccccc43)[C@@H]2C1=O. The first kappa shape index (κ1) is 20.8. The van der Waals surface area contributed by atoms with E-state index < -0.39 is 52.0 Å². The van der Waals surface area contributed by atoms with E-state index in [0.717, 1.165) is 4.90 Å². The number of nitrogens with one attached hydrogen (secondary N) is 2. The molecule has 2 fully saturated rings. The number of carbonyl (C=O) groups excluding carboxylic acids is 4. The van der Waals surface area contributed by atoms with Crippen molar-refractivity contribution >= 4 is 40.7 Å². The Morgan fingerprint density at radius 2 is 1.91 bits per heavy atom. The second-order valence-corrected chi connectivity index (χ2v) is 8.47. The second-order valence-electron chi connectivity index (χ2n) is 8.47. The van der Waals surface area contributed by atoms with Gasteiger partial charge in [-0.15, -0.1) is 0 Å². The van der Waals surface area contributed by atoms with Gasteiger partial charge < -0.3 is 11.1 Å². The van der Waals surface area contributed by atoms with Crippen LogP contribution in [-0.4, -0.2) is 34.6 Å². The summed E-state index contributed by atoms with van der Waals surface area (Å²) in [6.45, 7) is 1.56. The highest BCUT2D eigenvalue weighted by Crippen LogP contribution is 2.54. The van der Waals surface area contributed by atoms with Gasteiger partial charge in [0.25, 0.3) is 5.69 Å². The molecule has 3 aliphatic heterocycles. The summed E-state index contributed by atoms with van der Waals surface area (Å²) in [7, 11) is 0. The van der Waals surface area contributed by atoms with Crippen LogP contribution in [0.2, 0.25) is 0 Å². The van der Waals surface area contributed by atoms with Gasteiger partial charge in [0.05, 0.1) is 22.4 Å². The first-order valence-corrected chi connectivity index (χ1v) is 10.3. The lowest BCUT2D eigenvalue weighted by atomic mass is 9.76. The molecule has 0 bridgehead atoms. The van der Waals surface area contributed by atoms with E-state index in [1.807, 2.05) is 0 Å². The van der Waals surface area contributed by atoms with E-state index in [1.165, 1.54) is 18.2 Å². The summed E-state index contributed by atoms with van der Waals surface area (Å²) in [6, 6.07) is 9.83. The predicted molar refractivity (Wildman–Crippen MR) is 115 cm³/mol. The third-order valence-corrected chi connectivity index (χ3v) is 6.68. The molecule has 0 aromatic heterocycles. The number of imide groups is 1. The molecule has 0 unspecified atom stereocenters. The Balaban J connectivity index is 1.66. The highest BCUT2D eigenvalue weighted by Gasteiger charge is 2.70.